The molecule has 0 aliphatic carbocycles. The molecular formula is C22H31ClN7O5P. The highest BCUT2D eigenvalue weighted by molar-refractivity contribution is 7.53. The minimum absolute atomic E-state index is 0.0471. The average Bonchev–Trinajstić information content (AvgIpc) is 3.19. The molecule has 5 N–H and O–H groups in total. The van der Waals surface area contributed by atoms with Crippen LogP contribution in [0.1, 0.15) is 43.5 Å². The zero-order chi connectivity index (χ0) is 26.3. The van der Waals surface area contributed by atoms with E-state index < -0.39 is 13.5 Å². The third-order valence-electron chi connectivity index (χ3n) is 5.14. The summed E-state index contributed by atoms with van der Waals surface area (Å²) in [5.74, 6) is 0.584. The van der Waals surface area contributed by atoms with E-state index in [1.807, 2.05) is 29.7 Å². The van der Waals surface area contributed by atoms with Crippen LogP contribution in [0.15, 0.2) is 18.2 Å². The summed E-state index contributed by atoms with van der Waals surface area (Å²) < 4.78 is 31.0. The Morgan fingerprint density at radius 2 is 1.83 bits per heavy atom. The largest absolute Gasteiger partial charge is 0.493 e. The molecule has 2 heterocycles. The summed E-state index contributed by atoms with van der Waals surface area (Å²) in [6.07, 6.45) is 0.794. The minimum atomic E-state index is -3.09. The lowest BCUT2D eigenvalue weighted by atomic mass is 10.3. The number of imidazole rings is 1. The number of aromatic nitrogens is 4. The number of hydrogen-bond acceptors (Lipinski definition) is 10. The van der Waals surface area contributed by atoms with Crippen molar-refractivity contribution in [1.29, 1.82) is 0 Å². The van der Waals surface area contributed by atoms with Crippen molar-refractivity contribution in [2.75, 3.05) is 37.4 Å². The highest BCUT2D eigenvalue weighted by atomic mass is 35.5. The predicted octanol–water partition coefficient (Wildman–Crippen LogP) is 3.63. The number of rotatable bonds is 13. The maximum atomic E-state index is 12.6. The Morgan fingerprint density at radius 1 is 1.11 bits per heavy atom. The van der Waals surface area contributed by atoms with Gasteiger partial charge in [0.25, 0.3) is 5.91 Å². The molecule has 0 spiro atoms. The number of amides is 1. The first-order valence-corrected chi connectivity index (χ1v) is 13.7. The van der Waals surface area contributed by atoms with Gasteiger partial charge >= 0.3 is 7.60 Å². The van der Waals surface area contributed by atoms with Gasteiger partial charge in [0.05, 0.1) is 43.6 Å². The van der Waals surface area contributed by atoms with Crippen molar-refractivity contribution >= 4 is 47.8 Å². The summed E-state index contributed by atoms with van der Waals surface area (Å²) in [5.41, 5.74) is 12.8. The number of hydrogen-bond donors (Lipinski definition) is 3. The molecule has 3 rings (SSSR count). The number of ether oxygens (including phenoxy) is 1. The summed E-state index contributed by atoms with van der Waals surface area (Å²) in [5, 5.41) is 2.65. The molecule has 14 heteroatoms. The van der Waals surface area contributed by atoms with E-state index in [9.17, 15) is 9.36 Å². The standard InChI is InChI=1S/C22H31ClN7O5P/c1-4-30-16-12-14(33-10-7-11-36(32,34-5-2)35-6-3)8-9-15(16)27-17(30)13-26-22(31)18-20(24)29-21(25)19(23)28-18/h8-9,12H,4-7,10-11,13H2,1-3H3,(H,26,31)(H4,24,25,29). The maximum absolute atomic E-state index is 12.6. The summed E-state index contributed by atoms with van der Waals surface area (Å²) >= 11 is 5.87. The molecule has 0 radical (unpaired) electrons. The zero-order valence-corrected chi connectivity index (χ0v) is 22.1. The Labute approximate surface area is 214 Å². The van der Waals surface area contributed by atoms with Crippen LogP contribution >= 0.6 is 19.2 Å². The van der Waals surface area contributed by atoms with Gasteiger partial charge in [0.1, 0.15) is 11.6 Å². The summed E-state index contributed by atoms with van der Waals surface area (Å²) in [7, 11) is -3.09. The molecule has 1 amide bonds. The molecule has 3 aromatic rings. The lowest BCUT2D eigenvalue weighted by molar-refractivity contribution is 0.0945. The maximum Gasteiger partial charge on any atom is 0.330 e. The van der Waals surface area contributed by atoms with E-state index in [0.29, 0.717) is 44.4 Å². The number of fused-ring (bicyclic) bond motifs is 1. The number of carbonyl (C=O) groups is 1. The molecule has 0 bridgehead atoms. The number of carbonyl (C=O) groups excluding carboxylic acids is 1. The van der Waals surface area contributed by atoms with E-state index in [1.165, 1.54) is 0 Å². The van der Waals surface area contributed by atoms with Crippen LogP contribution in [0.3, 0.4) is 0 Å². The van der Waals surface area contributed by atoms with E-state index in [1.54, 1.807) is 13.8 Å². The highest BCUT2D eigenvalue weighted by Gasteiger charge is 2.23. The number of nitrogen functional groups attached to an aromatic ring is 2. The fourth-order valence-corrected chi connectivity index (χ4v) is 5.35. The minimum Gasteiger partial charge on any atom is -0.493 e. The number of benzene rings is 1. The molecule has 0 aliphatic rings. The molecule has 12 nitrogen and oxygen atoms in total. The van der Waals surface area contributed by atoms with E-state index in [0.717, 1.165) is 11.0 Å². The molecule has 1 aromatic carbocycles. The second-order valence-electron chi connectivity index (χ2n) is 7.61. The predicted molar refractivity (Wildman–Crippen MR) is 138 cm³/mol. The number of nitrogens with two attached hydrogens (primary N) is 2. The molecule has 0 atom stereocenters. The Bertz CT molecular complexity index is 1260. The van der Waals surface area contributed by atoms with Gasteiger partial charge in [-0.2, -0.15) is 0 Å². The van der Waals surface area contributed by atoms with Gasteiger partial charge in [0.2, 0.25) is 0 Å². The molecule has 36 heavy (non-hydrogen) atoms. The van der Waals surface area contributed by atoms with E-state index in [2.05, 4.69) is 20.3 Å². The Morgan fingerprint density at radius 3 is 2.50 bits per heavy atom. The van der Waals surface area contributed by atoms with Crippen LogP contribution in [0.25, 0.3) is 11.0 Å². The number of halogens is 1. The van der Waals surface area contributed by atoms with Gasteiger partial charge in [-0.1, -0.05) is 11.6 Å². The Kier molecular flexibility index (Phi) is 9.49. The summed E-state index contributed by atoms with van der Waals surface area (Å²) in [6, 6.07) is 5.54. The van der Waals surface area contributed by atoms with Gasteiger partial charge in [-0.05, 0) is 39.3 Å². The zero-order valence-electron chi connectivity index (χ0n) is 20.5. The first-order chi connectivity index (χ1) is 17.2. The van der Waals surface area contributed by atoms with Crippen LogP contribution in [0, 0.1) is 0 Å². The molecule has 196 valence electrons. The van der Waals surface area contributed by atoms with Crippen LogP contribution < -0.4 is 21.5 Å². The smallest absolute Gasteiger partial charge is 0.330 e. The second-order valence-corrected chi connectivity index (χ2v) is 10.2. The molecular weight excluding hydrogens is 509 g/mol. The van der Waals surface area contributed by atoms with Gasteiger partial charge < -0.3 is 35.1 Å². The third-order valence-corrected chi connectivity index (χ3v) is 7.58. The van der Waals surface area contributed by atoms with Gasteiger partial charge in [-0.3, -0.25) is 9.36 Å². The van der Waals surface area contributed by atoms with Crippen molar-refractivity contribution < 1.29 is 23.1 Å². The third kappa shape index (κ3) is 6.64. The van der Waals surface area contributed by atoms with E-state index >= 15 is 0 Å². The molecule has 2 aromatic heterocycles. The van der Waals surface area contributed by atoms with Gasteiger partial charge in [-0.25, -0.2) is 15.0 Å². The topological polar surface area (TPSA) is 170 Å². The van der Waals surface area contributed by atoms with Crippen molar-refractivity contribution in [2.45, 2.75) is 40.3 Å². The fraction of sp³-hybridized carbons (Fsp3) is 0.455. The number of nitrogens with zero attached hydrogens (tertiary/aromatic N) is 4. The summed E-state index contributed by atoms with van der Waals surface area (Å²) in [4.78, 5) is 24.9. The highest BCUT2D eigenvalue weighted by Crippen LogP contribution is 2.48. The van der Waals surface area contributed by atoms with Gasteiger partial charge in [0.15, 0.2) is 22.5 Å². The molecule has 0 saturated carbocycles. The summed E-state index contributed by atoms with van der Waals surface area (Å²) in [6.45, 7) is 7.29. The quantitative estimate of drug-likeness (QED) is 0.215. The lowest BCUT2D eigenvalue weighted by Crippen LogP contribution is -2.27. The van der Waals surface area contributed by atoms with Crippen LogP contribution in [0.5, 0.6) is 5.75 Å². The van der Waals surface area contributed by atoms with Crippen LogP contribution in [-0.4, -0.2) is 51.4 Å². The Balaban J connectivity index is 1.66. The van der Waals surface area contributed by atoms with Gasteiger partial charge in [0, 0.05) is 12.6 Å². The lowest BCUT2D eigenvalue weighted by Gasteiger charge is -2.16. The van der Waals surface area contributed by atoms with Crippen molar-refractivity contribution in [2.24, 2.45) is 0 Å². The van der Waals surface area contributed by atoms with Crippen molar-refractivity contribution in [3.8, 4) is 5.75 Å². The van der Waals surface area contributed by atoms with E-state index in [-0.39, 0.29) is 35.2 Å². The van der Waals surface area contributed by atoms with Crippen LogP contribution in [0.2, 0.25) is 5.15 Å². The average molecular weight is 540 g/mol. The number of nitrogens with one attached hydrogen (secondary N) is 1. The van der Waals surface area contributed by atoms with Crippen molar-refractivity contribution in [1.82, 2.24) is 24.8 Å². The molecule has 0 unspecified atom stereocenters. The fourth-order valence-electron chi connectivity index (χ4n) is 3.59. The SMILES string of the molecule is CCOP(=O)(CCCOc1ccc2nc(CNC(=O)c3nc(Cl)c(N)nc3N)n(CC)c2c1)OCC. The molecule has 0 saturated heterocycles. The monoisotopic (exact) mass is 539 g/mol. The van der Waals surface area contributed by atoms with Crippen molar-refractivity contribution in [3.63, 3.8) is 0 Å². The first-order valence-electron chi connectivity index (χ1n) is 11.6. The number of aryl methyl sites for hydroxylation is 1. The van der Waals surface area contributed by atoms with Crippen molar-refractivity contribution in [3.05, 3.63) is 34.9 Å². The van der Waals surface area contributed by atoms with Crippen LogP contribution in [0.4, 0.5) is 11.6 Å². The molecule has 0 fully saturated rings. The van der Waals surface area contributed by atoms with E-state index in [4.69, 9.17) is 36.9 Å². The second kappa shape index (κ2) is 12.4. The van der Waals surface area contributed by atoms with Gasteiger partial charge in [-0.15, -0.1) is 0 Å². The number of anilines is 2. The van der Waals surface area contributed by atoms with Crippen LogP contribution in [-0.2, 0) is 26.7 Å². The Hall–Kier alpha value is -2.92. The normalized spacial score (nSPS) is 11.7. The molecule has 0 aliphatic heterocycles. The first kappa shape index (κ1) is 27.7.